The molecule has 1 heterocycles. The minimum atomic E-state index is -0.704. The number of benzene rings is 1. The molecule has 140 valence electrons. The van der Waals surface area contributed by atoms with E-state index in [2.05, 4.69) is 24.3 Å². The molecule has 1 N–H and O–H groups in total. The Kier molecular flexibility index (Phi) is 6.38. The predicted octanol–water partition coefficient (Wildman–Crippen LogP) is 2.97. The molecule has 1 aromatic heterocycles. The van der Waals surface area contributed by atoms with Crippen LogP contribution in [0, 0.1) is 6.92 Å². The number of carbonyl (C=O) groups excluding carboxylic acids is 2. The van der Waals surface area contributed by atoms with E-state index in [0.29, 0.717) is 23.2 Å². The van der Waals surface area contributed by atoms with Gasteiger partial charge in [-0.05, 0) is 37.5 Å². The lowest BCUT2D eigenvalue weighted by atomic mass is 10.0. The van der Waals surface area contributed by atoms with Crippen molar-refractivity contribution < 1.29 is 18.8 Å². The Morgan fingerprint density at radius 2 is 2.00 bits per heavy atom. The molecule has 0 aliphatic rings. The van der Waals surface area contributed by atoms with Gasteiger partial charge in [-0.3, -0.25) is 9.59 Å². The minimum absolute atomic E-state index is 0.107. The first kappa shape index (κ1) is 19.5. The van der Waals surface area contributed by atoms with Crippen LogP contribution >= 0.6 is 0 Å². The van der Waals surface area contributed by atoms with Crippen molar-refractivity contribution in [2.45, 2.75) is 39.7 Å². The van der Waals surface area contributed by atoms with Crippen LogP contribution in [-0.2, 0) is 9.59 Å². The smallest absolute Gasteiger partial charge is 0.263 e. The molecular weight excluding hydrogens is 334 g/mol. The molecule has 1 aromatic carbocycles. The number of nitrogens with one attached hydrogen (secondary N) is 1. The summed E-state index contributed by atoms with van der Waals surface area (Å²) < 4.78 is 10.6. The van der Waals surface area contributed by atoms with E-state index in [-0.39, 0.29) is 18.4 Å². The maximum absolute atomic E-state index is 12.4. The average Bonchev–Trinajstić information content (AvgIpc) is 2.98. The Hall–Kier alpha value is -2.83. The molecule has 7 heteroatoms. The maximum Gasteiger partial charge on any atom is 0.263 e. The van der Waals surface area contributed by atoms with Crippen molar-refractivity contribution in [1.82, 2.24) is 10.1 Å². The second-order valence-electron chi connectivity index (χ2n) is 6.55. The van der Waals surface area contributed by atoms with Crippen LogP contribution in [-0.4, -0.2) is 41.6 Å². The fourth-order valence-corrected chi connectivity index (χ4v) is 2.41. The number of hydrogen-bond acceptors (Lipinski definition) is 5. The van der Waals surface area contributed by atoms with E-state index in [0.717, 1.165) is 5.56 Å². The van der Waals surface area contributed by atoms with Crippen LogP contribution in [0.2, 0.25) is 0 Å². The van der Waals surface area contributed by atoms with Gasteiger partial charge < -0.3 is 19.5 Å². The standard InChI is InChI=1S/C19H25N3O4/c1-12(2)15-7-6-8-16(10-15)25-14(4)19(24)22(5)11-18(23)20-17-9-13(3)26-21-17/h6-10,12,14H,11H2,1-5H3,(H,20,21,23)/t14-/m1/s1. The summed E-state index contributed by atoms with van der Waals surface area (Å²) >= 11 is 0. The lowest BCUT2D eigenvalue weighted by Gasteiger charge is -2.22. The van der Waals surface area contributed by atoms with E-state index in [1.165, 1.54) is 4.90 Å². The molecule has 0 bridgehead atoms. The summed E-state index contributed by atoms with van der Waals surface area (Å²) in [7, 11) is 1.56. The van der Waals surface area contributed by atoms with Crippen molar-refractivity contribution in [3.63, 3.8) is 0 Å². The van der Waals surface area contributed by atoms with Gasteiger partial charge in [0.25, 0.3) is 5.91 Å². The first-order chi connectivity index (χ1) is 12.3. The highest BCUT2D eigenvalue weighted by Crippen LogP contribution is 2.21. The molecule has 0 radical (unpaired) electrons. The first-order valence-electron chi connectivity index (χ1n) is 8.51. The zero-order valence-electron chi connectivity index (χ0n) is 15.8. The molecule has 0 unspecified atom stereocenters. The number of hydrogen-bond donors (Lipinski definition) is 1. The number of ether oxygens (including phenoxy) is 1. The normalized spacial score (nSPS) is 11.9. The Labute approximate surface area is 153 Å². The third-order valence-electron chi connectivity index (χ3n) is 3.84. The molecule has 2 aromatic rings. The molecular formula is C19H25N3O4. The predicted molar refractivity (Wildman–Crippen MR) is 98.1 cm³/mol. The second kappa shape index (κ2) is 8.51. The van der Waals surface area contributed by atoms with Crippen molar-refractivity contribution in [3.8, 4) is 5.75 Å². The topological polar surface area (TPSA) is 84.7 Å². The van der Waals surface area contributed by atoms with E-state index in [4.69, 9.17) is 9.26 Å². The molecule has 2 amide bonds. The minimum Gasteiger partial charge on any atom is -0.481 e. The van der Waals surface area contributed by atoms with Crippen molar-refractivity contribution in [3.05, 3.63) is 41.7 Å². The van der Waals surface area contributed by atoms with Crippen LogP contribution in [0.4, 0.5) is 5.82 Å². The van der Waals surface area contributed by atoms with Gasteiger partial charge in [0.2, 0.25) is 5.91 Å². The highest BCUT2D eigenvalue weighted by Gasteiger charge is 2.21. The number of likely N-dealkylation sites (N-methyl/N-ethyl adjacent to an activating group) is 1. The van der Waals surface area contributed by atoms with Gasteiger partial charge in [0.1, 0.15) is 11.5 Å². The molecule has 0 aliphatic carbocycles. The van der Waals surface area contributed by atoms with Gasteiger partial charge in [-0.15, -0.1) is 0 Å². The fraction of sp³-hybridized carbons (Fsp3) is 0.421. The monoisotopic (exact) mass is 359 g/mol. The first-order valence-corrected chi connectivity index (χ1v) is 8.51. The molecule has 0 saturated heterocycles. The second-order valence-corrected chi connectivity index (χ2v) is 6.55. The Balaban J connectivity index is 1.90. The van der Waals surface area contributed by atoms with Crippen LogP contribution in [0.5, 0.6) is 5.75 Å². The van der Waals surface area contributed by atoms with Gasteiger partial charge in [0, 0.05) is 13.1 Å². The van der Waals surface area contributed by atoms with E-state index < -0.39 is 6.10 Å². The Morgan fingerprint density at radius 1 is 1.27 bits per heavy atom. The van der Waals surface area contributed by atoms with E-state index >= 15 is 0 Å². The summed E-state index contributed by atoms with van der Waals surface area (Å²) in [6.45, 7) is 7.47. The quantitative estimate of drug-likeness (QED) is 0.821. The summed E-state index contributed by atoms with van der Waals surface area (Å²) in [4.78, 5) is 25.8. The molecule has 0 aliphatic heterocycles. The number of carbonyl (C=O) groups is 2. The van der Waals surface area contributed by atoms with Crippen molar-refractivity contribution >= 4 is 17.6 Å². The zero-order chi connectivity index (χ0) is 19.3. The van der Waals surface area contributed by atoms with Gasteiger partial charge in [-0.2, -0.15) is 0 Å². The summed E-state index contributed by atoms with van der Waals surface area (Å²) in [6, 6.07) is 9.27. The van der Waals surface area contributed by atoms with E-state index in [1.54, 1.807) is 27.0 Å². The number of anilines is 1. The number of aromatic nitrogens is 1. The summed E-state index contributed by atoms with van der Waals surface area (Å²) in [5.74, 6) is 1.28. The molecule has 0 saturated carbocycles. The van der Waals surface area contributed by atoms with Gasteiger partial charge in [-0.1, -0.05) is 31.1 Å². The van der Waals surface area contributed by atoms with Crippen LogP contribution in [0.25, 0.3) is 0 Å². The Morgan fingerprint density at radius 3 is 2.62 bits per heavy atom. The van der Waals surface area contributed by atoms with Gasteiger partial charge in [0.05, 0.1) is 6.54 Å². The van der Waals surface area contributed by atoms with Crippen molar-refractivity contribution in [1.29, 1.82) is 0 Å². The van der Waals surface area contributed by atoms with Crippen LogP contribution < -0.4 is 10.1 Å². The van der Waals surface area contributed by atoms with Crippen LogP contribution in [0.1, 0.15) is 38.0 Å². The van der Waals surface area contributed by atoms with Crippen LogP contribution in [0.3, 0.4) is 0 Å². The van der Waals surface area contributed by atoms with Crippen molar-refractivity contribution in [2.75, 3.05) is 18.9 Å². The van der Waals surface area contributed by atoms with Gasteiger partial charge in [0.15, 0.2) is 11.9 Å². The summed E-state index contributed by atoms with van der Waals surface area (Å²) in [6.07, 6.45) is -0.704. The highest BCUT2D eigenvalue weighted by atomic mass is 16.5. The lowest BCUT2D eigenvalue weighted by molar-refractivity contribution is -0.139. The number of nitrogens with zero attached hydrogens (tertiary/aromatic N) is 2. The third-order valence-corrected chi connectivity index (χ3v) is 3.84. The molecule has 7 nitrogen and oxygen atoms in total. The van der Waals surface area contributed by atoms with Gasteiger partial charge in [-0.25, -0.2) is 0 Å². The third kappa shape index (κ3) is 5.34. The summed E-state index contributed by atoms with van der Waals surface area (Å²) in [5.41, 5.74) is 1.14. The molecule has 1 atom stereocenters. The number of aryl methyl sites for hydroxylation is 1. The molecule has 0 spiro atoms. The molecule has 2 rings (SSSR count). The number of rotatable bonds is 7. The summed E-state index contributed by atoms with van der Waals surface area (Å²) in [5, 5.41) is 6.26. The highest BCUT2D eigenvalue weighted by molar-refractivity contribution is 5.94. The van der Waals surface area contributed by atoms with E-state index in [1.807, 2.05) is 24.3 Å². The van der Waals surface area contributed by atoms with E-state index in [9.17, 15) is 9.59 Å². The van der Waals surface area contributed by atoms with Crippen molar-refractivity contribution in [2.24, 2.45) is 0 Å². The SMILES string of the molecule is Cc1cc(NC(=O)CN(C)C(=O)[C@@H](C)Oc2cccc(C(C)C)c2)no1. The lowest BCUT2D eigenvalue weighted by Crippen LogP contribution is -2.42. The zero-order valence-corrected chi connectivity index (χ0v) is 15.8. The maximum atomic E-state index is 12.4. The number of amides is 2. The fourth-order valence-electron chi connectivity index (χ4n) is 2.41. The molecule has 0 fully saturated rings. The van der Waals surface area contributed by atoms with Crippen LogP contribution in [0.15, 0.2) is 34.9 Å². The molecule has 26 heavy (non-hydrogen) atoms. The Bertz CT molecular complexity index is 770. The average molecular weight is 359 g/mol. The van der Waals surface area contributed by atoms with Gasteiger partial charge >= 0.3 is 0 Å². The largest absolute Gasteiger partial charge is 0.481 e.